The molecule has 0 spiro atoms. The normalized spacial score (nSPS) is 13.0. The van der Waals surface area contributed by atoms with Crippen LogP contribution in [0.25, 0.3) is 0 Å². The smallest absolute Gasteiger partial charge is 0.306 e. The molecule has 0 aliphatic heterocycles. The summed E-state index contributed by atoms with van der Waals surface area (Å²) in [7, 11) is 0. The minimum Gasteiger partial charge on any atom is -0.462 e. The van der Waals surface area contributed by atoms with E-state index in [0.717, 1.165) is 57.8 Å². The van der Waals surface area contributed by atoms with Gasteiger partial charge in [0.05, 0.1) is 6.61 Å². The van der Waals surface area contributed by atoms with Crippen LogP contribution in [-0.4, -0.2) is 36.4 Å². The van der Waals surface area contributed by atoms with Crippen LogP contribution in [-0.2, 0) is 19.1 Å². The van der Waals surface area contributed by atoms with Gasteiger partial charge in [0.15, 0.2) is 6.10 Å². The third kappa shape index (κ3) is 26.7. The molecule has 1 N–H and O–H groups in total. The second-order valence-corrected chi connectivity index (χ2v) is 9.45. The van der Waals surface area contributed by atoms with Crippen LogP contribution in [0.4, 0.5) is 0 Å². The first-order valence-corrected chi connectivity index (χ1v) is 14.8. The molecule has 0 radical (unpaired) electrons. The maximum atomic E-state index is 12.0. The number of carbonyl (C=O) groups excluding carboxylic acids is 2. The average Bonchev–Trinajstić information content (AvgIpc) is 2.92. The Hall–Kier alpha value is -2.40. The fraction of sp³-hybridized carbons (Fsp3) is 0.636. The summed E-state index contributed by atoms with van der Waals surface area (Å²) in [6, 6.07) is 0. The SMILES string of the molecule is CC/C=C/C/C=C/C/C=C/C/C=C/C/C=C/CCCC(=O)O[C@@H](CO)COC(=O)CCCCCCCCC. The molecule has 0 fully saturated rings. The number of hydrogen-bond acceptors (Lipinski definition) is 5. The summed E-state index contributed by atoms with van der Waals surface area (Å²) in [5.41, 5.74) is 0. The summed E-state index contributed by atoms with van der Waals surface area (Å²) in [5.74, 6) is -0.675. The van der Waals surface area contributed by atoms with Gasteiger partial charge in [-0.15, -0.1) is 0 Å². The third-order valence-electron chi connectivity index (χ3n) is 5.83. The maximum absolute atomic E-state index is 12.0. The summed E-state index contributed by atoms with van der Waals surface area (Å²) >= 11 is 0. The van der Waals surface area contributed by atoms with Crippen molar-refractivity contribution in [3.05, 3.63) is 60.8 Å². The van der Waals surface area contributed by atoms with E-state index in [1.54, 1.807) is 0 Å². The number of aliphatic hydroxyl groups is 1. The number of esters is 2. The Balaban J connectivity index is 3.77. The molecule has 5 nitrogen and oxygen atoms in total. The van der Waals surface area contributed by atoms with Gasteiger partial charge in [-0.1, -0.05) is 113 Å². The summed E-state index contributed by atoms with van der Waals surface area (Å²) in [6.45, 7) is 3.89. The van der Waals surface area contributed by atoms with E-state index in [4.69, 9.17) is 9.47 Å². The molecule has 0 heterocycles. The van der Waals surface area contributed by atoms with Crippen LogP contribution >= 0.6 is 0 Å². The average molecular weight is 531 g/mol. The number of hydrogen-bond donors (Lipinski definition) is 1. The first-order valence-electron chi connectivity index (χ1n) is 14.8. The Kier molecular flexibility index (Phi) is 27.3. The fourth-order valence-corrected chi connectivity index (χ4v) is 3.59. The largest absolute Gasteiger partial charge is 0.462 e. The zero-order valence-electron chi connectivity index (χ0n) is 24.2. The van der Waals surface area contributed by atoms with Crippen LogP contribution in [0.5, 0.6) is 0 Å². The lowest BCUT2D eigenvalue weighted by molar-refractivity contribution is -0.161. The number of allylic oxidation sites excluding steroid dienone is 10. The second kappa shape index (κ2) is 29.2. The number of unbranched alkanes of at least 4 members (excludes halogenated alkanes) is 7. The van der Waals surface area contributed by atoms with E-state index in [1.165, 1.54) is 25.7 Å². The van der Waals surface area contributed by atoms with Gasteiger partial charge < -0.3 is 14.6 Å². The fourth-order valence-electron chi connectivity index (χ4n) is 3.59. The molecule has 0 unspecified atom stereocenters. The van der Waals surface area contributed by atoms with E-state index in [9.17, 15) is 14.7 Å². The van der Waals surface area contributed by atoms with Crippen molar-refractivity contribution in [1.29, 1.82) is 0 Å². The van der Waals surface area contributed by atoms with E-state index in [1.807, 2.05) is 0 Å². The van der Waals surface area contributed by atoms with Crippen LogP contribution in [0.1, 0.15) is 117 Å². The highest BCUT2D eigenvalue weighted by Gasteiger charge is 2.15. The molecule has 0 aromatic rings. The van der Waals surface area contributed by atoms with Crippen molar-refractivity contribution in [2.45, 2.75) is 123 Å². The lowest BCUT2D eigenvalue weighted by Gasteiger charge is -2.15. The van der Waals surface area contributed by atoms with Crippen LogP contribution in [0, 0.1) is 0 Å². The third-order valence-corrected chi connectivity index (χ3v) is 5.83. The first-order chi connectivity index (χ1) is 18.6. The predicted molar refractivity (Wildman–Crippen MR) is 159 cm³/mol. The zero-order valence-corrected chi connectivity index (χ0v) is 24.2. The topological polar surface area (TPSA) is 72.8 Å². The van der Waals surface area contributed by atoms with Crippen molar-refractivity contribution in [1.82, 2.24) is 0 Å². The van der Waals surface area contributed by atoms with E-state index >= 15 is 0 Å². The highest BCUT2D eigenvalue weighted by atomic mass is 16.6. The number of ether oxygens (including phenoxy) is 2. The molecule has 0 saturated heterocycles. The van der Waals surface area contributed by atoms with Crippen molar-refractivity contribution >= 4 is 11.9 Å². The van der Waals surface area contributed by atoms with Crippen molar-refractivity contribution in [2.75, 3.05) is 13.2 Å². The molecule has 0 aliphatic rings. The van der Waals surface area contributed by atoms with E-state index in [2.05, 4.69) is 74.6 Å². The molecule has 0 aromatic heterocycles. The molecule has 5 heteroatoms. The monoisotopic (exact) mass is 530 g/mol. The Bertz CT molecular complexity index is 702. The van der Waals surface area contributed by atoms with Gasteiger partial charge in [0, 0.05) is 12.8 Å². The second-order valence-electron chi connectivity index (χ2n) is 9.45. The minimum absolute atomic E-state index is 0.0909. The number of aliphatic hydroxyl groups excluding tert-OH is 1. The predicted octanol–water partition coefficient (Wildman–Crippen LogP) is 8.50. The van der Waals surface area contributed by atoms with E-state index in [0.29, 0.717) is 12.8 Å². The number of carbonyl (C=O) groups is 2. The zero-order chi connectivity index (χ0) is 27.9. The van der Waals surface area contributed by atoms with Crippen molar-refractivity contribution in [3.8, 4) is 0 Å². The van der Waals surface area contributed by atoms with E-state index < -0.39 is 6.10 Å². The van der Waals surface area contributed by atoms with Crippen molar-refractivity contribution in [3.63, 3.8) is 0 Å². The van der Waals surface area contributed by atoms with Gasteiger partial charge in [0.25, 0.3) is 0 Å². The van der Waals surface area contributed by atoms with Crippen LogP contribution in [0.2, 0.25) is 0 Å². The lowest BCUT2D eigenvalue weighted by atomic mass is 10.1. The van der Waals surface area contributed by atoms with Gasteiger partial charge in [-0.3, -0.25) is 9.59 Å². The van der Waals surface area contributed by atoms with Gasteiger partial charge in [-0.2, -0.15) is 0 Å². The summed E-state index contributed by atoms with van der Waals surface area (Å²) in [4.78, 5) is 23.9. The van der Waals surface area contributed by atoms with Gasteiger partial charge in [0.2, 0.25) is 0 Å². The Morgan fingerprint density at radius 3 is 1.68 bits per heavy atom. The minimum atomic E-state index is -0.797. The summed E-state index contributed by atoms with van der Waals surface area (Å²) < 4.78 is 10.4. The van der Waals surface area contributed by atoms with E-state index in [-0.39, 0.29) is 31.6 Å². The lowest BCUT2D eigenvalue weighted by Crippen LogP contribution is -2.28. The summed E-state index contributed by atoms with van der Waals surface area (Å²) in [6.07, 6.45) is 35.7. The van der Waals surface area contributed by atoms with Gasteiger partial charge in [-0.25, -0.2) is 0 Å². The van der Waals surface area contributed by atoms with Crippen LogP contribution < -0.4 is 0 Å². The molecule has 0 aliphatic carbocycles. The highest BCUT2D eigenvalue weighted by molar-refractivity contribution is 5.70. The molecule has 0 saturated carbocycles. The Morgan fingerprint density at radius 1 is 0.632 bits per heavy atom. The molecule has 0 amide bonds. The highest BCUT2D eigenvalue weighted by Crippen LogP contribution is 2.09. The quantitative estimate of drug-likeness (QED) is 0.0728. The molecule has 38 heavy (non-hydrogen) atoms. The molecular formula is C33H54O5. The maximum Gasteiger partial charge on any atom is 0.306 e. The molecule has 1 atom stereocenters. The van der Waals surface area contributed by atoms with Gasteiger partial charge in [-0.05, 0) is 51.4 Å². The van der Waals surface area contributed by atoms with Crippen molar-refractivity contribution < 1.29 is 24.2 Å². The molecule has 0 rings (SSSR count). The van der Waals surface area contributed by atoms with Crippen molar-refractivity contribution in [2.24, 2.45) is 0 Å². The molecule has 216 valence electrons. The molecular weight excluding hydrogens is 476 g/mol. The Labute approximate surface area is 232 Å². The van der Waals surface area contributed by atoms with Gasteiger partial charge in [0.1, 0.15) is 6.61 Å². The summed E-state index contributed by atoms with van der Waals surface area (Å²) in [5, 5.41) is 9.43. The Morgan fingerprint density at radius 2 is 1.13 bits per heavy atom. The van der Waals surface area contributed by atoms with Crippen LogP contribution in [0.3, 0.4) is 0 Å². The van der Waals surface area contributed by atoms with Crippen LogP contribution in [0.15, 0.2) is 60.8 Å². The molecule has 0 bridgehead atoms. The van der Waals surface area contributed by atoms with Gasteiger partial charge >= 0.3 is 11.9 Å². The first kappa shape index (κ1) is 35.6. The number of rotatable bonds is 25. The molecule has 0 aromatic carbocycles. The standard InChI is InChI=1S/C33H54O5/c1-3-5-7-9-11-12-13-14-15-16-17-18-19-20-22-24-26-28-33(36)38-31(29-34)30-37-32(35)27-25-23-21-10-8-6-4-2/h5,7,11-12,14-15,17-18,20,22,31,34H,3-4,6,8-10,13,16,19,21,23-30H2,1-2H3/b7-5+,12-11+,15-14+,18-17+,22-20+/t31-/m0/s1.